The quantitative estimate of drug-likeness (QED) is 0.350. The first kappa shape index (κ1) is 22.8. The van der Waals surface area contributed by atoms with Crippen LogP contribution >= 0.6 is 15.9 Å². The van der Waals surface area contributed by atoms with Crippen LogP contribution < -0.4 is 29.4 Å². The van der Waals surface area contributed by atoms with Gasteiger partial charge in [0.1, 0.15) is 12.2 Å². The van der Waals surface area contributed by atoms with E-state index < -0.39 is 11.8 Å². The van der Waals surface area contributed by atoms with Gasteiger partial charge in [-0.1, -0.05) is 24.3 Å². The summed E-state index contributed by atoms with van der Waals surface area (Å²) in [5, 5.41) is 1.23. The number of rotatable bonds is 7. The van der Waals surface area contributed by atoms with Crippen LogP contribution in [0.4, 0.5) is 5.69 Å². The number of anilines is 1. The first-order valence-electron chi connectivity index (χ1n) is 10.9. The van der Waals surface area contributed by atoms with E-state index in [2.05, 4.69) is 21.4 Å². The van der Waals surface area contributed by atoms with Gasteiger partial charge in [0.05, 0.1) is 16.8 Å². The van der Waals surface area contributed by atoms with E-state index in [0.717, 1.165) is 5.56 Å². The standard InChI is InChI=1S/C26H21BrN2O6/c1-2-32-23-13-17(10-19-25(30)28-29(26(19)31)18-6-4-3-5-7-18)11-20(27)24(23)33-14-16-8-9-21-22(12-16)35-15-34-21/h3-13H,2,14-15H2,1H3,(H,28,30)/b19-10-. The molecule has 8 nitrogen and oxygen atoms in total. The molecule has 1 saturated heterocycles. The minimum atomic E-state index is -0.476. The van der Waals surface area contributed by atoms with E-state index in [1.54, 1.807) is 36.4 Å². The summed E-state index contributed by atoms with van der Waals surface area (Å²) >= 11 is 3.54. The smallest absolute Gasteiger partial charge is 0.282 e. The van der Waals surface area contributed by atoms with Crippen LogP contribution in [-0.4, -0.2) is 25.2 Å². The number of carbonyl (C=O) groups is 2. The third-order valence-electron chi connectivity index (χ3n) is 5.37. The number of para-hydroxylation sites is 1. The van der Waals surface area contributed by atoms with Crippen molar-refractivity contribution in [2.45, 2.75) is 13.5 Å². The van der Waals surface area contributed by atoms with Crippen molar-refractivity contribution in [3.8, 4) is 23.0 Å². The number of hydrogen-bond acceptors (Lipinski definition) is 6. The Kier molecular flexibility index (Phi) is 6.33. The van der Waals surface area contributed by atoms with Crippen LogP contribution in [0.5, 0.6) is 23.0 Å². The molecule has 0 atom stereocenters. The van der Waals surface area contributed by atoms with Crippen LogP contribution in [0.15, 0.2) is 70.7 Å². The third kappa shape index (κ3) is 4.67. The Bertz CT molecular complexity index is 1320. The highest BCUT2D eigenvalue weighted by molar-refractivity contribution is 9.10. The fourth-order valence-corrected chi connectivity index (χ4v) is 4.32. The van der Waals surface area contributed by atoms with Gasteiger partial charge in [-0.3, -0.25) is 15.0 Å². The fraction of sp³-hybridized carbons (Fsp3) is 0.154. The molecule has 2 heterocycles. The number of hydrazine groups is 1. The highest BCUT2D eigenvalue weighted by Gasteiger charge is 2.34. The lowest BCUT2D eigenvalue weighted by atomic mass is 10.1. The van der Waals surface area contributed by atoms with Gasteiger partial charge in [0.25, 0.3) is 11.8 Å². The van der Waals surface area contributed by atoms with Crippen LogP contribution in [0, 0.1) is 0 Å². The van der Waals surface area contributed by atoms with Crippen LogP contribution in [-0.2, 0) is 16.2 Å². The molecule has 9 heteroatoms. The highest BCUT2D eigenvalue weighted by Crippen LogP contribution is 2.39. The second-order valence-electron chi connectivity index (χ2n) is 7.71. The average Bonchev–Trinajstić information content (AvgIpc) is 3.44. The van der Waals surface area contributed by atoms with Crippen molar-refractivity contribution in [3.63, 3.8) is 0 Å². The van der Waals surface area contributed by atoms with Crippen molar-refractivity contribution in [3.05, 3.63) is 81.8 Å². The van der Waals surface area contributed by atoms with Gasteiger partial charge in [0, 0.05) is 0 Å². The zero-order chi connectivity index (χ0) is 24.4. The first-order valence-corrected chi connectivity index (χ1v) is 11.7. The molecule has 3 aromatic rings. The van der Waals surface area contributed by atoms with Crippen LogP contribution in [0.3, 0.4) is 0 Å². The summed E-state index contributed by atoms with van der Waals surface area (Å²) < 4.78 is 23.3. The maximum atomic E-state index is 12.9. The molecule has 1 fully saturated rings. The van der Waals surface area contributed by atoms with E-state index in [4.69, 9.17) is 18.9 Å². The number of nitrogens with one attached hydrogen (secondary N) is 1. The molecular weight excluding hydrogens is 516 g/mol. The zero-order valence-electron chi connectivity index (χ0n) is 18.7. The Morgan fingerprint density at radius 2 is 1.83 bits per heavy atom. The summed E-state index contributed by atoms with van der Waals surface area (Å²) in [5.74, 6) is 1.48. The largest absolute Gasteiger partial charge is 0.490 e. The van der Waals surface area contributed by atoms with Gasteiger partial charge in [-0.25, -0.2) is 5.01 Å². The number of nitrogens with zero attached hydrogens (tertiary/aromatic N) is 1. The molecular formula is C26H21BrN2O6. The molecule has 0 saturated carbocycles. The minimum absolute atomic E-state index is 0.0252. The molecule has 2 amide bonds. The molecule has 3 aromatic carbocycles. The number of fused-ring (bicyclic) bond motifs is 1. The summed E-state index contributed by atoms with van der Waals surface area (Å²) in [7, 11) is 0. The maximum Gasteiger partial charge on any atom is 0.282 e. The number of hydrogen-bond donors (Lipinski definition) is 1. The van der Waals surface area contributed by atoms with Crippen LogP contribution in [0.1, 0.15) is 18.1 Å². The summed E-state index contributed by atoms with van der Waals surface area (Å²) in [6.45, 7) is 2.77. The van der Waals surface area contributed by atoms with Crippen molar-refractivity contribution in [2.75, 3.05) is 18.4 Å². The summed E-state index contributed by atoms with van der Waals surface area (Å²) in [6.07, 6.45) is 1.54. The summed E-state index contributed by atoms with van der Waals surface area (Å²) in [6, 6.07) is 18.1. The van der Waals surface area contributed by atoms with Gasteiger partial charge in [0.2, 0.25) is 6.79 Å². The summed E-state index contributed by atoms with van der Waals surface area (Å²) in [5.41, 5.74) is 4.73. The Balaban J connectivity index is 1.39. The Morgan fingerprint density at radius 1 is 1.03 bits per heavy atom. The van der Waals surface area contributed by atoms with Crippen molar-refractivity contribution in [1.29, 1.82) is 0 Å². The van der Waals surface area contributed by atoms with Gasteiger partial charge < -0.3 is 18.9 Å². The van der Waals surface area contributed by atoms with Gasteiger partial charge in [-0.2, -0.15) is 0 Å². The average molecular weight is 537 g/mol. The third-order valence-corrected chi connectivity index (χ3v) is 5.96. The molecule has 5 rings (SSSR count). The lowest BCUT2D eigenvalue weighted by molar-refractivity contribution is -0.117. The number of benzene rings is 3. The Hall–Kier alpha value is -3.98. The number of ether oxygens (including phenoxy) is 4. The van der Waals surface area contributed by atoms with E-state index in [1.165, 1.54) is 11.1 Å². The molecule has 2 aliphatic heterocycles. The number of amides is 2. The maximum absolute atomic E-state index is 12.9. The molecule has 0 aromatic heterocycles. The van der Waals surface area contributed by atoms with E-state index in [9.17, 15) is 9.59 Å². The molecule has 0 radical (unpaired) electrons. The molecule has 178 valence electrons. The minimum Gasteiger partial charge on any atom is -0.490 e. The second-order valence-corrected chi connectivity index (χ2v) is 8.57. The molecule has 0 spiro atoms. The second kappa shape index (κ2) is 9.71. The molecule has 35 heavy (non-hydrogen) atoms. The monoisotopic (exact) mass is 536 g/mol. The molecule has 0 aliphatic carbocycles. The van der Waals surface area contributed by atoms with Gasteiger partial charge in [0.15, 0.2) is 23.0 Å². The van der Waals surface area contributed by atoms with E-state index in [1.807, 2.05) is 31.2 Å². The number of carbonyl (C=O) groups excluding carboxylic acids is 2. The highest BCUT2D eigenvalue weighted by atomic mass is 79.9. The van der Waals surface area contributed by atoms with Crippen LogP contribution in [0.2, 0.25) is 0 Å². The number of halogens is 1. The van der Waals surface area contributed by atoms with Gasteiger partial charge >= 0.3 is 0 Å². The van der Waals surface area contributed by atoms with Crippen molar-refractivity contribution in [2.24, 2.45) is 0 Å². The molecule has 0 bridgehead atoms. The van der Waals surface area contributed by atoms with Gasteiger partial charge in [-0.15, -0.1) is 0 Å². The van der Waals surface area contributed by atoms with E-state index in [0.29, 0.717) is 45.3 Å². The van der Waals surface area contributed by atoms with E-state index >= 15 is 0 Å². The van der Waals surface area contributed by atoms with Gasteiger partial charge in [-0.05, 0) is 76.5 Å². The Labute approximate surface area is 210 Å². The zero-order valence-corrected chi connectivity index (χ0v) is 20.3. The van der Waals surface area contributed by atoms with E-state index in [-0.39, 0.29) is 19.0 Å². The SMILES string of the molecule is CCOc1cc(/C=C2/C(=O)NN(c3ccccc3)C2=O)cc(Br)c1OCc1ccc2c(c1)OCO2. The predicted octanol–water partition coefficient (Wildman–Crippen LogP) is 4.62. The molecule has 2 aliphatic rings. The normalized spacial score (nSPS) is 15.5. The lowest BCUT2D eigenvalue weighted by Gasteiger charge is -2.15. The predicted molar refractivity (Wildman–Crippen MR) is 132 cm³/mol. The topological polar surface area (TPSA) is 86.3 Å². The Morgan fingerprint density at radius 3 is 2.63 bits per heavy atom. The van der Waals surface area contributed by atoms with Crippen molar-refractivity contribution >= 4 is 39.5 Å². The van der Waals surface area contributed by atoms with Crippen molar-refractivity contribution < 1.29 is 28.5 Å². The molecule has 0 unspecified atom stereocenters. The first-order chi connectivity index (χ1) is 17.0. The van der Waals surface area contributed by atoms with Crippen molar-refractivity contribution in [1.82, 2.24) is 5.43 Å². The molecule has 1 N–H and O–H groups in total. The summed E-state index contributed by atoms with van der Waals surface area (Å²) in [4.78, 5) is 25.5. The van der Waals surface area contributed by atoms with Crippen LogP contribution in [0.25, 0.3) is 6.08 Å². The fourth-order valence-electron chi connectivity index (χ4n) is 3.74. The lowest BCUT2D eigenvalue weighted by Crippen LogP contribution is -2.35.